The van der Waals surface area contributed by atoms with Gasteiger partial charge in [0.05, 0.1) is 11.2 Å². The van der Waals surface area contributed by atoms with Crippen LogP contribution in [-0.4, -0.2) is 4.57 Å². The first-order chi connectivity index (χ1) is 22.7. The Bertz CT molecular complexity index is 2950. The highest BCUT2D eigenvalue weighted by atomic mass is 16.3. The van der Waals surface area contributed by atoms with Gasteiger partial charge in [-0.3, -0.25) is 9.36 Å². The van der Waals surface area contributed by atoms with Gasteiger partial charge in [-0.1, -0.05) is 103 Å². The van der Waals surface area contributed by atoms with Crippen molar-refractivity contribution in [1.29, 1.82) is 0 Å². The highest BCUT2D eigenvalue weighted by Gasteiger charge is 2.18. The Morgan fingerprint density at radius 1 is 0.435 bits per heavy atom. The number of benzene rings is 8. The molecule has 0 N–H and O–H groups in total. The van der Waals surface area contributed by atoms with Crippen LogP contribution in [0.3, 0.4) is 0 Å². The second-order valence-corrected chi connectivity index (χ2v) is 12.1. The van der Waals surface area contributed by atoms with Crippen molar-refractivity contribution in [1.82, 2.24) is 4.57 Å². The van der Waals surface area contributed by atoms with Crippen molar-refractivity contribution < 1.29 is 4.42 Å². The van der Waals surface area contributed by atoms with Crippen LogP contribution in [0.4, 0.5) is 0 Å². The van der Waals surface area contributed by atoms with Crippen LogP contribution in [-0.2, 0) is 0 Å². The van der Waals surface area contributed by atoms with Crippen LogP contribution in [0, 0.1) is 0 Å². The Hall–Kier alpha value is -6.19. The van der Waals surface area contributed by atoms with E-state index in [1.54, 1.807) is 0 Å². The fraction of sp³-hybridized carbons (Fsp3) is 0. The third kappa shape index (κ3) is 3.51. The number of pyridine rings is 1. The highest BCUT2D eigenvalue weighted by molar-refractivity contribution is 6.18. The number of fused-ring (bicyclic) bond motifs is 10. The van der Waals surface area contributed by atoms with Crippen LogP contribution in [0.15, 0.2) is 161 Å². The quantitative estimate of drug-likeness (QED) is 0.149. The molecule has 2 aromatic heterocycles. The number of para-hydroxylation sites is 2. The molecule has 0 saturated carbocycles. The van der Waals surface area contributed by atoms with Crippen LogP contribution < -0.4 is 5.56 Å². The van der Waals surface area contributed by atoms with Gasteiger partial charge in [0.15, 0.2) is 5.58 Å². The molecule has 3 heteroatoms. The number of furan rings is 1. The average molecular weight is 588 g/mol. The van der Waals surface area contributed by atoms with E-state index in [0.29, 0.717) is 11.0 Å². The van der Waals surface area contributed by atoms with Gasteiger partial charge in [-0.15, -0.1) is 0 Å². The fourth-order valence-corrected chi connectivity index (χ4v) is 7.43. The first-order valence-corrected chi connectivity index (χ1v) is 15.6. The minimum Gasteiger partial charge on any atom is -0.454 e. The summed E-state index contributed by atoms with van der Waals surface area (Å²) in [5.74, 6) is 0. The molecule has 0 radical (unpaired) electrons. The number of nitrogens with zero attached hydrogens (tertiary/aromatic N) is 1. The molecule has 46 heavy (non-hydrogen) atoms. The first kappa shape index (κ1) is 25.2. The van der Waals surface area contributed by atoms with Gasteiger partial charge in [-0.25, -0.2) is 0 Å². The van der Waals surface area contributed by atoms with E-state index in [1.165, 1.54) is 37.9 Å². The van der Waals surface area contributed by atoms with E-state index in [-0.39, 0.29) is 5.56 Å². The van der Waals surface area contributed by atoms with E-state index in [4.69, 9.17) is 4.42 Å². The molecule has 0 unspecified atom stereocenters. The summed E-state index contributed by atoms with van der Waals surface area (Å²) in [7, 11) is 0. The minimum absolute atomic E-state index is 0.0573. The lowest BCUT2D eigenvalue weighted by atomic mass is 9.91. The predicted octanol–water partition coefficient (Wildman–Crippen LogP) is 11.2. The average Bonchev–Trinajstić information content (AvgIpc) is 3.49. The topological polar surface area (TPSA) is 35.1 Å². The standard InChI is InChI=1S/C43H25NO2/c45-43-35-16-6-5-14-32(35)33-15-7-8-18-39(33)44(43)40-19-9-17-34-38-24-28(20-21-41(38)46-42(34)40)36-25-29-22-26-10-1-2-11-27(26)23-37(29)31-13-4-3-12-30(31)36/h1-25H. The summed E-state index contributed by atoms with van der Waals surface area (Å²) >= 11 is 0. The molecule has 10 rings (SSSR count). The molecule has 0 aliphatic carbocycles. The maximum Gasteiger partial charge on any atom is 0.263 e. The molecule has 0 atom stereocenters. The van der Waals surface area contributed by atoms with Gasteiger partial charge in [0.1, 0.15) is 5.58 Å². The molecule has 10 aromatic rings. The molecule has 0 bridgehead atoms. The second kappa shape index (κ2) is 9.40. The predicted molar refractivity (Wildman–Crippen MR) is 192 cm³/mol. The van der Waals surface area contributed by atoms with Gasteiger partial charge in [-0.05, 0) is 97.4 Å². The smallest absolute Gasteiger partial charge is 0.263 e. The molecule has 0 aliphatic rings. The molecule has 2 heterocycles. The summed E-state index contributed by atoms with van der Waals surface area (Å²) in [5.41, 5.74) is 5.34. The van der Waals surface area contributed by atoms with Crippen molar-refractivity contribution in [2.45, 2.75) is 0 Å². The zero-order chi connectivity index (χ0) is 30.4. The summed E-state index contributed by atoms with van der Waals surface area (Å²) in [5, 5.41) is 12.1. The van der Waals surface area contributed by atoms with Gasteiger partial charge in [-0.2, -0.15) is 0 Å². The lowest BCUT2D eigenvalue weighted by Crippen LogP contribution is -2.19. The van der Waals surface area contributed by atoms with E-state index in [9.17, 15) is 4.79 Å². The van der Waals surface area contributed by atoms with Crippen molar-refractivity contribution >= 4 is 75.9 Å². The summed E-state index contributed by atoms with van der Waals surface area (Å²) < 4.78 is 8.40. The second-order valence-electron chi connectivity index (χ2n) is 12.1. The lowest BCUT2D eigenvalue weighted by molar-refractivity contribution is 0.665. The zero-order valence-electron chi connectivity index (χ0n) is 24.7. The normalized spacial score (nSPS) is 12.0. The number of aromatic nitrogens is 1. The highest BCUT2D eigenvalue weighted by Crippen LogP contribution is 2.40. The zero-order valence-corrected chi connectivity index (χ0v) is 24.7. The molecule has 0 aliphatic heterocycles. The molecule has 0 spiro atoms. The van der Waals surface area contributed by atoms with Gasteiger partial charge < -0.3 is 4.42 Å². The third-order valence-electron chi connectivity index (χ3n) is 9.55. The molecular formula is C43H25NO2. The van der Waals surface area contributed by atoms with E-state index in [0.717, 1.165) is 43.9 Å². The van der Waals surface area contributed by atoms with Gasteiger partial charge in [0, 0.05) is 21.5 Å². The molecule has 3 nitrogen and oxygen atoms in total. The van der Waals surface area contributed by atoms with Crippen molar-refractivity contribution in [2.24, 2.45) is 0 Å². The molecule has 8 aromatic carbocycles. The minimum atomic E-state index is -0.0573. The van der Waals surface area contributed by atoms with Crippen LogP contribution in [0.2, 0.25) is 0 Å². The Morgan fingerprint density at radius 2 is 1.09 bits per heavy atom. The van der Waals surface area contributed by atoms with Crippen molar-refractivity contribution in [2.75, 3.05) is 0 Å². The fourth-order valence-electron chi connectivity index (χ4n) is 7.43. The third-order valence-corrected chi connectivity index (χ3v) is 9.55. The first-order valence-electron chi connectivity index (χ1n) is 15.6. The van der Waals surface area contributed by atoms with Crippen molar-refractivity contribution in [3.8, 4) is 16.8 Å². The SMILES string of the molecule is O=c1c2ccccc2c2ccccc2n1-c1cccc2c1oc1ccc(-c3cc4cc5ccccc5cc4c4ccccc34)cc12. The summed E-state index contributed by atoms with van der Waals surface area (Å²) in [6.45, 7) is 0. The van der Waals surface area contributed by atoms with Crippen LogP contribution in [0.1, 0.15) is 0 Å². The maximum absolute atomic E-state index is 14.1. The summed E-state index contributed by atoms with van der Waals surface area (Å²) in [6, 6.07) is 52.6. The summed E-state index contributed by atoms with van der Waals surface area (Å²) in [6.07, 6.45) is 0. The van der Waals surface area contributed by atoms with E-state index >= 15 is 0 Å². The van der Waals surface area contributed by atoms with Gasteiger partial charge in [0.2, 0.25) is 0 Å². The van der Waals surface area contributed by atoms with Crippen LogP contribution >= 0.6 is 0 Å². The Balaban J connectivity index is 1.24. The van der Waals surface area contributed by atoms with Gasteiger partial charge >= 0.3 is 0 Å². The molecular weight excluding hydrogens is 562 g/mol. The molecule has 0 fully saturated rings. The van der Waals surface area contributed by atoms with Crippen molar-refractivity contribution in [3.63, 3.8) is 0 Å². The van der Waals surface area contributed by atoms with Crippen LogP contribution in [0.5, 0.6) is 0 Å². The maximum atomic E-state index is 14.1. The number of rotatable bonds is 2. The molecule has 0 amide bonds. The van der Waals surface area contributed by atoms with Crippen LogP contribution in [0.25, 0.3) is 92.7 Å². The van der Waals surface area contributed by atoms with Gasteiger partial charge in [0.25, 0.3) is 5.56 Å². The Labute approximate surface area is 263 Å². The number of hydrogen-bond donors (Lipinski definition) is 0. The largest absolute Gasteiger partial charge is 0.454 e. The number of hydrogen-bond acceptors (Lipinski definition) is 2. The Morgan fingerprint density at radius 3 is 1.91 bits per heavy atom. The van der Waals surface area contributed by atoms with E-state index in [2.05, 4.69) is 97.1 Å². The lowest BCUT2D eigenvalue weighted by Gasteiger charge is -2.13. The molecule has 0 saturated heterocycles. The Kier molecular flexibility index (Phi) is 5.15. The summed E-state index contributed by atoms with van der Waals surface area (Å²) in [4.78, 5) is 14.1. The van der Waals surface area contributed by atoms with Crippen molar-refractivity contribution in [3.05, 3.63) is 162 Å². The van der Waals surface area contributed by atoms with E-state index < -0.39 is 0 Å². The molecule has 214 valence electrons. The monoisotopic (exact) mass is 587 g/mol. The van der Waals surface area contributed by atoms with E-state index in [1.807, 2.05) is 59.2 Å².